The number of carbonyl (C=O) groups is 2. The zero-order valence-electron chi connectivity index (χ0n) is 17.0. The quantitative estimate of drug-likeness (QED) is 0.636. The standard InChI is InChI=1S/C21H37N3O3/c1-22(11-5-6-12-23-14-16-27-17-15-23)21(26)19-10-7-13-24(19)20(25)18-8-3-2-4-9-18/h18-19H,2-17H2,1H3/t19-/m0/s1. The van der Waals surface area contributed by atoms with Crippen LogP contribution >= 0.6 is 0 Å². The largest absolute Gasteiger partial charge is 0.379 e. The number of carbonyl (C=O) groups excluding carboxylic acids is 2. The van der Waals surface area contributed by atoms with Crippen LogP contribution in [0.1, 0.15) is 57.8 Å². The molecule has 6 heteroatoms. The predicted octanol–water partition coefficient (Wildman–Crippen LogP) is 2.13. The average molecular weight is 380 g/mol. The highest BCUT2D eigenvalue weighted by Gasteiger charge is 2.38. The number of hydrogen-bond donors (Lipinski definition) is 0. The topological polar surface area (TPSA) is 53.1 Å². The Morgan fingerprint density at radius 2 is 1.70 bits per heavy atom. The summed E-state index contributed by atoms with van der Waals surface area (Å²) < 4.78 is 5.38. The zero-order valence-corrected chi connectivity index (χ0v) is 17.0. The highest BCUT2D eigenvalue weighted by molar-refractivity contribution is 5.89. The highest BCUT2D eigenvalue weighted by atomic mass is 16.5. The van der Waals surface area contributed by atoms with Crippen molar-refractivity contribution in [2.24, 2.45) is 5.92 Å². The lowest BCUT2D eigenvalue weighted by Crippen LogP contribution is -2.48. The summed E-state index contributed by atoms with van der Waals surface area (Å²) in [6.07, 6.45) is 9.49. The first kappa shape index (κ1) is 20.6. The molecule has 1 saturated carbocycles. The Morgan fingerprint density at radius 3 is 2.44 bits per heavy atom. The summed E-state index contributed by atoms with van der Waals surface area (Å²) in [4.78, 5) is 32.1. The third kappa shape index (κ3) is 5.67. The molecule has 6 nitrogen and oxygen atoms in total. The van der Waals surface area contributed by atoms with Gasteiger partial charge in [-0.2, -0.15) is 0 Å². The molecule has 0 spiro atoms. The molecule has 0 aromatic heterocycles. The van der Waals surface area contributed by atoms with Crippen molar-refractivity contribution in [2.75, 3.05) is 53.0 Å². The first-order chi connectivity index (χ1) is 13.2. The van der Waals surface area contributed by atoms with E-state index in [0.29, 0.717) is 0 Å². The molecule has 3 rings (SSSR count). The molecular formula is C21H37N3O3. The maximum atomic E-state index is 12.9. The van der Waals surface area contributed by atoms with Crippen molar-refractivity contribution >= 4 is 11.8 Å². The van der Waals surface area contributed by atoms with E-state index < -0.39 is 0 Å². The van der Waals surface area contributed by atoms with Crippen LogP contribution in [0.3, 0.4) is 0 Å². The maximum Gasteiger partial charge on any atom is 0.245 e. The Bertz CT molecular complexity index is 487. The van der Waals surface area contributed by atoms with Gasteiger partial charge in [-0.25, -0.2) is 0 Å². The molecule has 2 heterocycles. The lowest BCUT2D eigenvalue weighted by molar-refractivity contribution is -0.146. The van der Waals surface area contributed by atoms with Crippen LogP contribution in [0.25, 0.3) is 0 Å². The van der Waals surface area contributed by atoms with Gasteiger partial charge >= 0.3 is 0 Å². The molecule has 154 valence electrons. The number of nitrogens with zero attached hydrogens (tertiary/aromatic N) is 3. The van der Waals surface area contributed by atoms with Gasteiger partial charge in [0.15, 0.2) is 0 Å². The van der Waals surface area contributed by atoms with Crippen LogP contribution in [0.5, 0.6) is 0 Å². The number of rotatable bonds is 7. The second-order valence-corrected chi connectivity index (χ2v) is 8.45. The molecule has 0 bridgehead atoms. The fourth-order valence-electron chi connectivity index (χ4n) is 4.75. The van der Waals surface area contributed by atoms with Crippen LogP contribution in [-0.4, -0.2) is 85.5 Å². The van der Waals surface area contributed by atoms with Crippen LogP contribution in [-0.2, 0) is 14.3 Å². The number of unbranched alkanes of at least 4 members (excludes halogenated alkanes) is 1. The van der Waals surface area contributed by atoms with E-state index >= 15 is 0 Å². The molecule has 27 heavy (non-hydrogen) atoms. The monoisotopic (exact) mass is 379 g/mol. The SMILES string of the molecule is CN(CCCCN1CCOCC1)C(=O)[C@@H]1CCCN1C(=O)C1CCCCC1. The summed E-state index contributed by atoms with van der Waals surface area (Å²) in [7, 11) is 1.90. The van der Waals surface area contributed by atoms with E-state index in [1.807, 2.05) is 16.8 Å². The van der Waals surface area contributed by atoms with Crippen LogP contribution in [0.15, 0.2) is 0 Å². The summed E-state index contributed by atoms with van der Waals surface area (Å²) in [6.45, 7) is 6.35. The lowest BCUT2D eigenvalue weighted by Gasteiger charge is -2.32. The normalized spacial score (nSPS) is 24.9. The van der Waals surface area contributed by atoms with E-state index in [1.54, 1.807) is 0 Å². The van der Waals surface area contributed by atoms with Gasteiger partial charge in [-0.05, 0) is 45.1 Å². The molecule has 0 aromatic rings. The van der Waals surface area contributed by atoms with Gasteiger partial charge in [0, 0.05) is 39.1 Å². The van der Waals surface area contributed by atoms with Crippen molar-refractivity contribution in [3.63, 3.8) is 0 Å². The molecule has 0 unspecified atom stereocenters. The van der Waals surface area contributed by atoms with Crippen LogP contribution in [0, 0.1) is 5.92 Å². The molecule has 0 radical (unpaired) electrons. The molecule has 1 atom stereocenters. The molecule has 2 aliphatic heterocycles. The zero-order chi connectivity index (χ0) is 19.1. The molecule has 3 fully saturated rings. The van der Waals surface area contributed by atoms with Crippen molar-refractivity contribution in [1.82, 2.24) is 14.7 Å². The summed E-state index contributed by atoms with van der Waals surface area (Å²) in [5.41, 5.74) is 0. The van der Waals surface area contributed by atoms with Crippen molar-refractivity contribution < 1.29 is 14.3 Å². The Labute approximate surface area is 164 Å². The van der Waals surface area contributed by atoms with Gasteiger partial charge in [0.2, 0.25) is 11.8 Å². The lowest BCUT2D eigenvalue weighted by atomic mass is 9.88. The van der Waals surface area contributed by atoms with Crippen LogP contribution < -0.4 is 0 Å². The smallest absolute Gasteiger partial charge is 0.245 e. The Morgan fingerprint density at radius 1 is 0.963 bits per heavy atom. The Balaban J connectivity index is 1.41. The van der Waals surface area contributed by atoms with E-state index in [1.165, 1.54) is 6.42 Å². The van der Waals surface area contributed by atoms with Crippen molar-refractivity contribution in [3.05, 3.63) is 0 Å². The van der Waals surface area contributed by atoms with Gasteiger partial charge in [-0.15, -0.1) is 0 Å². The maximum absolute atomic E-state index is 12.9. The predicted molar refractivity (Wildman–Crippen MR) is 105 cm³/mol. The minimum absolute atomic E-state index is 0.142. The molecular weight excluding hydrogens is 342 g/mol. The second-order valence-electron chi connectivity index (χ2n) is 8.45. The second kappa shape index (κ2) is 10.4. The molecule has 3 aliphatic rings. The average Bonchev–Trinajstić information content (AvgIpc) is 3.21. The number of morpholine rings is 1. The van der Waals surface area contributed by atoms with Crippen LogP contribution in [0.4, 0.5) is 0 Å². The molecule has 0 aromatic carbocycles. The summed E-state index contributed by atoms with van der Waals surface area (Å²) in [6, 6.07) is -0.219. The summed E-state index contributed by atoms with van der Waals surface area (Å²) in [5, 5.41) is 0. The summed E-state index contributed by atoms with van der Waals surface area (Å²) in [5.74, 6) is 0.542. The first-order valence-electron chi connectivity index (χ1n) is 11.0. The van der Waals surface area contributed by atoms with E-state index in [0.717, 1.165) is 97.3 Å². The number of likely N-dealkylation sites (N-methyl/N-ethyl adjacent to an activating group) is 1. The number of amides is 2. The first-order valence-corrected chi connectivity index (χ1v) is 11.0. The van der Waals surface area contributed by atoms with E-state index in [2.05, 4.69) is 4.90 Å². The molecule has 2 amide bonds. The highest BCUT2D eigenvalue weighted by Crippen LogP contribution is 2.29. The number of ether oxygens (including phenoxy) is 1. The van der Waals surface area contributed by atoms with Gasteiger partial charge in [0.05, 0.1) is 13.2 Å². The minimum atomic E-state index is -0.219. The number of likely N-dealkylation sites (tertiary alicyclic amines) is 1. The number of hydrogen-bond acceptors (Lipinski definition) is 4. The molecule has 0 N–H and O–H groups in total. The van der Waals surface area contributed by atoms with Crippen molar-refractivity contribution in [1.29, 1.82) is 0 Å². The fraction of sp³-hybridized carbons (Fsp3) is 0.905. The van der Waals surface area contributed by atoms with Crippen molar-refractivity contribution in [2.45, 2.75) is 63.8 Å². The molecule has 2 saturated heterocycles. The third-order valence-electron chi connectivity index (χ3n) is 6.47. The fourth-order valence-corrected chi connectivity index (χ4v) is 4.75. The molecule has 1 aliphatic carbocycles. The summed E-state index contributed by atoms with van der Waals surface area (Å²) >= 11 is 0. The Kier molecular flexibility index (Phi) is 7.94. The van der Waals surface area contributed by atoms with Gasteiger partial charge in [0.1, 0.15) is 6.04 Å². The third-order valence-corrected chi connectivity index (χ3v) is 6.47. The van der Waals surface area contributed by atoms with Crippen LogP contribution in [0.2, 0.25) is 0 Å². The van der Waals surface area contributed by atoms with Gasteiger partial charge in [-0.3, -0.25) is 14.5 Å². The van der Waals surface area contributed by atoms with E-state index in [-0.39, 0.29) is 23.8 Å². The van der Waals surface area contributed by atoms with Gasteiger partial charge in [0.25, 0.3) is 0 Å². The van der Waals surface area contributed by atoms with Gasteiger partial charge < -0.3 is 14.5 Å². The van der Waals surface area contributed by atoms with E-state index in [4.69, 9.17) is 4.74 Å². The van der Waals surface area contributed by atoms with Crippen molar-refractivity contribution in [3.8, 4) is 0 Å². The van der Waals surface area contributed by atoms with Gasteiger partial charge in [-0.1, -0.05) is 19.3 Å². The minimum Gasteiger partial charge on any atom is -0.379 e. The Hall–Kier alpha value is -1.14. The van der Waals surface area contributed by atoms with E-state index in [9.17, 15) is 9.59 Å².